The van der Waals surface area contributed by atoms with Crippen molar-refractivity contribution in [1.82, 2.24) is 10.6 Å². The van der Waals surface area contributed by atoms with E-state index >= 15 is 0 Å². The van der Waals surface area contributed by atoms with Gasteiger partial charge >= 0.3 is 0 Å². The molecule has 2 amide bonds. The summed E-state index contributed by atoms with van der Waals surface area (Å²) in [6.45, 7) is 1.68. The van der Waals surface area contributed by atoms with E-state index < -0.39 is 11.8 Å². The molecule has 2 heterocycles. The first-order valence-corrected chi connectivity index (χ1v) is 8.41. The molecular weight excluding hydrogens is 394 g/mol. The molecule has 8 heteroatoms. The second-order valence-electron chi connectivity index (χ2n) is 5.15. The smallest absolute Gasteiger partial charge is 0.260 e. The highest BCUT2D eigenvalue weighted by atomic mass is 35.5. The van der Waals surface area contributed by atoms with Crippen LogP contribution in [0.25, 0.3) is 0 Å². The Labute approximate surface area is 158 Å². The highest BCUT2D eigenvalue weighted by Gasteiger charge is 2.31. The number of imide groups is 1. The van der Waals surface area contributed by atoms with Gasteiger partial charge in [0.05, 0.1) is 21.2 Å². The van der Waals surface area contributed by atoms with Crippen LogP contribution in [0.3, 0.4) is 0 Å². The van der Waals surface area contributed by atoms with E-state index in [1.165, 1.54) is 12.1 Å². The SMILES string of the molecule is Clc1ccc(Cl)c2c1CNC2.O=C1NC(=O)c2c(Cl)ccc(Cl)c21. The molecule has 0 bridgehead atoms. The summed E-state index contributed by atoms with van der Waals surface area (Å²) in [6, 6.07) is 6.66. The molecule has 4 nitrogen and oxygen atoms in total. The molecule has 0 spiro atoms. The summed E-state index contributed by atoms with van der Waals surface area (Å²) in [7, 11) is 0. The zero-order valence-corrected chi connectivity index (χ0v) is 15.1. The third-order valence-electron chi connectivity index (χ3n) is 3.71. The number of hydrogen-bond donors (Lipinski definition) is 2. The van der Waals surface area contributed by atoms with Gasteiger partial charge in [-0.25, -0.2) is 0 Å². The van der Waals surface area contributed by atoms with E-state index in [9.17, 15) is 9.59 Å². The van der Waals surface area contributed by atoms with Crippen LogP contribution in [0.1, 0.15) is 31.8 Å². The van der Waals surface area contributed by atoms with Crippen LogP contribution in [0.5, 0.6) is 0 Å². The summed E-state index contributed by atoms with van der Waals surface area (Å²) < 4.78 is 0. The van der Waals surface area contributed by atoms with Gasteiger partial charge in [0.15, 0.2) is 0 Å². The molecule has 2 aromatic carbocycles. The number of benzene rings is 2. The molecule has 2 N–H and O–H groups in total. The highest BCUT2D eigenvalue weighted by molar-refractivity contribution is 6.41. The fourth-order valence-corrected chi connectivity index (χ4v) is 3.53. The molecule has 0 atom stereocenters. The lowest BCUT2D eigenvalue weighted by molar-refractivity contribution is 0.0880. The predicted octanol–water partition coefficient (Wildman–Crippen LogP) is 4.47. The topological polar surface area (TPSA) is 58.2 Å². The molecule has 0 radical (unpaired) electrons. The highest BCUT2D eigenvalue weighted by Crippen LogP contribution is 2.30. The summed E-state index contributed by atoms with van der Waals surface area (Å²) in [5.74, 6) is -0.986. The maximum atomic E-state index is 11.2. The van der Waals surface area contributed by atoms with E-state index in [2.05, 4.69) is 10.6 Å². The fourth-order valence-electron chi connectivity index (χ4n) is 2.55. The molecule has 0 saturated carbocycles. The van der Waals surface area contributed by atoms with Gasteiger partial charge < -0.3 is 5.32 Å². The quantitative estimate of drug-likeness (QED) is 0.638. The van der Waals surface area contributed by atoms with E-state index in [4.69, 9.17) is 46.4 Å². The largest absolute Gasteiger partial charge is 0.308 e. The van der Waals surface area contributed by atoms with Gasteiger partial charge in [-0.15, -0.1) is 0 Å². The van der Waals surface area contributed by atoms with Crippen LogP contribution in [0.15, 0.2) is 24.3 Å². The standard InChI is InChI=1S/C8H3Cl2NO2.C8H7Cl2N/c9-3-1-2-4(10)6-5(3)7(12)11-8(6)13;9-7-1-2-8(10)6-4-11-3-5(6)7/h1-2H,(H,11,12,13);1-2,11H,3-4H2. The number of rotatable bonds is 0. The molecule has 0 fully saturated rings. The minimum absolute atomic E-state index is 0.166. The van der Waals surface area contributed by atoms with E-state index in [1.54, 1.807) is 0 Å². The van der Waals surface area contributed by atoms with Gasteiger partial charge in [0.2, 0.25) is 0 Å². The Bertz CT molecular complexity index is 800. The molecule has 2 aromatic rings. The lowest BCUT2D eigenvalue weighted by atomic mass is 10.1. The Morgan fingerprint density at radius 2 is 1.04 bits per heavy atom. The van der Waals surface area contributed by atoms with Crippen LogP contribution in [-0.2, 0) is 13.1 Å². The van der Waals surface area contributed by atoms with E-state index in [0.29, 0.717) is 0 Å². The van der Waals surface area contributed by atoms with Crippen molar-refractivity contribution >= 4 is 58.2 Å². The number of carbonyl (C=O) groups excluding carboxylic acids is 2. The van der Waals surface area contributed by atoms with Crippen molar-refractivity contribution in [2.24, 2.45) is 0 Å². The summed E-state index contributed by atoms with van der Waals surface area (Å²) in [4.78, 5) is 22.3. The summed E-state index contributed by atoms with van der Waals surface area (Å²) in [5.41, 5.74) is 2.64. The number of carbonyl (C=O) groups is 2. The minimum Gasteiger partial charge on any atom is -0.308 e. The van der Waals surface area contributed by atoms with Gasteiger partial charge in [-0.1, -0.05) is 46.4 Å². The Morgan fingerprint density at radius 1 is 0.667 bits per heavy atom. The molecule has 0 aromatic heterocycles. The fraction of sp³-hybridized carbons (Fsp3) is 0.125. The van der Waals surface area contributed by atoms with Crippen LogP contribution in [0.2, 0.25) is 20.1 Å². The number of amides is 2. The average molecular weight is 404 g/mol. The second kappa shape index (κ2) is 6.90. The van der Waals surface area contributed by atoms with Crippen molar-refractivity contribution < 1.29 is 9.59 Å². The number of nitrogens with one attached hydrogen (secondary N) is 2. The number of hydrogen-bond acceptors (Lipinski definition) is 3. The zero-order valence-electron chi connectivity index (χ0n) is 12.1. The van der Waals surface area contributed by atoms with Gasteiger partial charge in [-0.05, 0) is 35.4 Å². The molecule has 124 valence electrons. The molecule has 0 unspecified atom stereocenters. The Balaban J connectivity index is 0.000000143. The van der Waals surface area contributed by atoms with Gasteiger partial charge in [0.25, 0.3) is 11.8 Å². The zero-order chi connectivity index (χ0) is 17.4. The third-order valence-corrected chi connectivity index (χ3v) is 5.04. The molecule has 24 heavy (non-hydrogen) atoms. The average Bonchev–Trinajstić information content (AvgIpc) is 3.14. The first kappa shape index (κ1) is 17.5. The predicted molar refractivity (Wildman–Crippen MR) is 95.3 cm³/mol. The molecule has 0 aliphatic carbocycles. The molecule has 4 rings (SSSR count). The van der Waals surface area contributed by atoms with Crippen LogP contribution in [-0.4, -0.2) is 11.8 Å². The second-order valence-corrected chi connectivity index (χ2v) is 6.78. The maximum Gasteiger partial charge on any atom is 0.260 e. The minimum atomic E-state index is -0.493. The number of fused-ring (bicyclic) bond motifs is 2. The maximum absolute atomic E-state index is 11.2. The number of halogens is 4. The van der Waals surface area contributed by atoms with Crippen molar-refractivity contribution in [2.45, 2.75) is 13.1 Å². The molecular formula is C16H10Cl4N2O2. The Kier molecular flexibility index (Phi) is 5.04. The summed E-state index contributed by atoms with van der Waals surface area (Å²) in [6.07, 6.45) is 0. The molecule has 0 saturated heterocycles. The van der Waals surface area contributed by atoms with E-state index in [-0.39, 0.29) is 21.2 Å². The normalized spacial score (nSPS) is 14.7. The first-order chi connectivity index (χ1) is 11.4. The summed E-state index contributed by atoms with van der Waals surface area (Å²) in [5, 5.41) is 7.42. The van der Waals surface area contributed by atoms with Crippen LogP contribution in [0, 0.1) is 0 Å². The molecule has 2 aliphatic heterocycles. The molecule has 2 aliphatic rings. The summed E-state index contributed by atoms with van der Waals surface area (Å²) >= 11 is 23.3. The Hall–Kier alpha value is -1.30. The lowest BCUT2D eigenvalue weighted by Gasteiger charge is -2.01. The van der Waals surface area contributed by atoms with Gasteiger partial charge in [0.1, 0.15) is 0 Å². The third kappa shape index (κ3) is 3.13. The van der Waals surface area contributed by atoms with Crippen LogP contribution < -0.4 is 10.6 Å². The Morgan fingerprint density at radius 3 is 1.46 bits per heavy atom. The van der Waals surface area contributed by atoms with E-state index in [1.807, 2.05) is 12.1 Å². The van der Waals surface area contributed by atoms with Crippen molar-refractivity contribution in [1.29, 1.82) is 0 Å². The van der Waals surface area contributed by atoms with Crippen molar-refractivity contribution in [3.63, 3.8) is 0 Å². The van der Waals surface area contributed by atoms with Gasteiger partial charge in [0, 0.05) is 23.1 Å². The van der Waals surface area contributed by atoms with Crippen molar-refractivity contribution in [2.75, 3.05) is 0 Å². The first-order valence-electron chi connectivity index (χ1n) is 6.90. The van der Waals surface area contributed by atoms with Crippen molar-refractivity contribution in [3.05, 3.63) is 66.6 Å². The lowest BCUT2D eigenvalue weighted by Crippen LogP contribution is -2.20. The van der Waals surface area contributed by atoms with E-state index in [0.717, 1.165) is 34.3 Å². The van der Waals surface area contributed by atoms with Gasteiger partial charge in [-0.2, -0.15) is 0 Å². The van der Waals surface area contributed by atoms with Gasteiger partial charge in [-0.3, -0.25) is 14.9 Å². The van der Waals surface area contributed by atoms with Crippen LogP contribution >= 0.6 is 46.4 Å². The van der Waals surface area contributed by atoms with Crippen LogP contribution in [0.4, 0.5) is 0 Å². The van der Waals surface area contributed by atoms with Crippen molar-refractivity contribution in [3.8, 4) is 0 Å². The monoisotopic (exact) mass is 402 g/mol.